The van der Waals surface area contributed by atoms with E-state index in [1.54, 1.807) is 57.2 Å². The summed E-state index contributed by atoms with van der Waals surface area (Å²) in [6, 6.07) is 10.2. The summed E-state index contributed by atoms with van der Waals surface area (Å²) in [4.78, 5) is 36.3. The SMILES string of the molecule is CCC(C(=O)OC(C)=O)C(=O)C(C)(C)Nc1ccc(CO)c(-c2cc(Cl)ccc2Cl)c1. The van der Waals surface area contributed by atoms with Crippen molar-refractivity contribution in [3.63, 3.8) is 0 Å². The maximum absolute atomic E-state index is 13.0. The molecule has 0 radical (unpaired) electrons. The molecule has 0 fully saturated rings. The van der Waals surface area contributed by atoms with Gasteiger partial charge in [-0.2, -0.15) is 0 Å². The zero-order valence-corrected chi connectivity index (χ0v) is 19.3. The van der Waals surface area contributed by atoms with Crippen LogP contribution in [-0.4, -0.2) is 28.4 Å². The van der Waals surface area contributed by atoms with Crippen LogP contribution in [-0.2, 0) is 25.7 Å². The highest BCUT2D eigenvalue weighted by atomic mass is 35.5. The molecule has 2 N–H and O–H groups in total. The molecule has 0 saturated carbocycles. The first-order valence-electron chi connectivity index (χ1n) is 9.74. The topological polar surface area (TPSA) is 92.7 Å². The van der Waals surface area contributed by atoms with Crippen molar-refractivity contribution in [3.8, 4) is 11.1 Å². The van der Waals surface area contributed by atoms with Crippen molar-refractivity contribution in [2.45, 2.75) is 46.3 Å². The maximum atomic E-state index is 13.0. The van der Waals surface area contributed by atoms with Gasteiger partial charge in [-0.1, -0.05) is 36.2 Å². The van der Waals surface area contributed by atoms with Gasteiger partial charge in [0, 0.05) is 28.2 Å². The number of esters is 2. The van der Waals surface area contributed by atoms with Crippen LogP contribution in [0, 0.1) is 5.92 Å². The summed E-state index contributed by atoms with van der Waals surface area (Å²) in [6.07, 6.45) is 0.197. The van der Waals surface area contributed by atoms with Crippen LogP contribution in [0.2, 0.25) is 10.0 Å². The Hall–Kier alpha value is -2.41. The van der Waals surface area contributed by atoms with Crippen LogP contribution in [0.25, 0.3) is 11.1 Å². The fraction of sp³-hybridized carbons (Fsp3) is 0.348. The van der Waals surface area contributed by atoms with E-state index in [1.165, 1.54) is 0 Å². The zero-order valence-electron chi connectivity index (χ0n) is 17.8. The van der Waals surface area contributed by atoms with Crippen LogP contribution in [0.3, 0.4) is 0 Å². The van der Waals surface area contributed by atoms with E-state index in [9.17, 15) is 19.5 Å². The normalized spacial score (nSPS) is 12.2. The first-order chi connectivity index (χ1) is 14.5. The molecule has 0 spiro atoms. The number of benzene rings is 2. The smallest absolute Gasteiger partial charge is 0.324 e. The monoisotopic (exact) mass is 465 g/mol. The highest BCUT2D eigenvalue weighted by Gasteiger charge is 2.38. The van der Waals surface area contributed by atoms with E-state index < -0.39 is 29.2 Å². The molecule has 0 heterocycles. The van der Waals surface area contributed by atoms with Crippen LogP contribution in [0.4, 0.5) is 5.69 Å². The Labute approximate surface area is 191 Å². The number of aliphatic hydroxyl groups excluding tert-OH is 1. The van der Waals surface area contributed by atoms with E-state index in [4.69, 9.17) is 23.2 Å². The number of anilines is 1. The van der Waals surface area contributed by atoms with Gasteiger partial charge in [0.25, 0.3) is 0 Å². The minimum absolute atomic E-state index is 0.197. The van der Waals surface area contributed by atoms with Gasteiger partial charge >= 0.3 is 11.9 Å². The van der Waals surface area contributed by atoms with Crippen molar-refractivity contribution in [1.29, 1.82) is 0 Å². The van der Waals surface area contributed by atoms with Crippen LogP contribution >= 0.6 is 23.2 Å². The lowest BCUT2D eigenvalue weighted by molar-refractivity contribution is -0.162. The number of halogens is 2. The van der Waals surface area contributed by atoms with Crippen molar-refractivity contribution in [3.05, 3.63) is 52.0 Å². The van der Waals surface area contributed by atoms with Crippen molar-refractivity contribution in [2.75, 3.05) is 5.32 Å². The van der Waals surface area contributed by atoms with E-state index in [1.807, 2.05) is 0 Å². The number of Topliss-reactive ketones (excluding diaryl/α,β-unsaturated/α-hetero) is 1. The summed E-state index contributed by atoms with van der Waals surface area (Å²) >= 11 is 12.5. The third kappa shape index (κ3) is 6.06. The Morgan fingerprint density at radius 2 is 1.77 bits per heavy atom. The maximum Gasteiger partial charge on any atom is 0.324 e. The Balaban J connectivity index is 2.38. The fourth-order valence-electron chi connectivity index (χ4n) is 3.28. The number of carbonyl (C=O) groups excluding carboxylic acids is 3. The number of carbonyl (C=O) groups is 3. The number of rotatable bonds is 8. The Morgan fingerprint density at radius 3 is 2.35 bits per heavy atom. The summed E-state index contributed by atoms with van der Waals surface area (Å²) in [5.74, 6) is -3.11. The summed E-state index contributed by atoms with van der Waals surface area (Å²) in [7, 11) is 0. The third-order valence-electron chi connectivity index (χ3n) is 4.83. The van der Waals surface area contributed by atoms with E-state index in [2.05, 4.69) is 10.1 Å². The zero-order chi connectivity index (χ0) is 23.3. The molecule has 2 aromatic rings. The Kier molecular flexibility index (Phi) is 8.23. The lowest BCUT2D eigenvalue weighted by atomic mass is 9.86. The van der Waals surface area contributed by atoms with Gasteiger partial charge in [-0.15, -0.1) is 0 Å². The number of hydrogen-bond acceptors (Lipinski definition) is 6. The van der Waals surface area contributed by atoms with Gasteiger partial charge in [-0.3, -0.25) is 14.4 Å². The molecule has 0 aliphatic carbocycles. The third-order valence-corrected chi connectivity index (χ3v) is 5.39. The molecule has 31 heavy (non-hydrogen) atoms. The molecule has 2 rings (SSSR count). The molecule has 0 amide bonds. The molecule has 0 aliphatic heterocycles. The van der Waals surface area contributed by atoms with E-state index in [0.717, 1.165) is 6.92 Å². The lowest BCUT2D eigenvalue weighted by Crippen LogP contribution is -2.46. The molecule has 166 valence electrons. The van der Waals surface area contributed by atoms with Crippen LogP contribution in [0.1, 0.15) is 39.7 Å². The number of nitrogens with one attached hydrogen (secondary N) is 1. The molecular formula is C23H25Cl2NO5. The summed E-state index contributed by atoms with van der Waals surface area (Å²) in [6.45, 7) is 5.87. The predicted molar refractivity (Wildman–Crippen MR) is 121 cm³/mol. The van der Waals surface area contributed by atoms with E-state index >= 15 is 0 Å². The minimum Gasteiger partial charge on any atom is -0.393 e. The number of ether oxygens (including phenoxy) is 1. The van der Waals surface area contributed by atoms with Crippen molar-refractivity contribution in [2.24, 2.45) is 5.92 Å². The summed E-state index contributed by atoms with van der Waals surface area (Å²) in [5, 5.41) is 13.9. The van der Waals surface area contributed by atoms with Gasteiger partial charge in [0.1, 0.15) is 5.92 Å². The fourth-order valence-corrected chi connectivity index (χ4v) is 3.67. The predicted octanol–water partition coefficient (Wildman–Crippen LogP) is 5.03. The van der Waals surface area contributed by atoms with Crippen LogP contribution in [0.5, 0.6) is 0 Å². The molecule has 0 aromatic heterocycles. The standard InChI is InChI=1S/C23H25Cl2NO5/c1-5-17(22(30)31-13(2)28)21(29)23(3,4)26-16-8-6-14(12-27)18(11-16)19-10-15(24)7-9-20(19)25/h6-11,17,26-27H,5,12H2,1-4H3. The first kappa shape index (κ1) is 24.9. The number of aliphatic hydroxyl groups is 1. The van der Waals surface area contributed by atoms with Crippen LogP contribution in [0.15, 0.2) is 36.4 Å². The highest BCUT2D eigenvalue weighted by molar-refractivity contribution is 6.35. The molecule has 0 saturated heterocycles. The van der Waals surface area contributed by atoms with Crippen molar-refractivity contribution < 1.29 is 24.2 Å². The largest absolute Gasteiger partial charge is 0.393 e. The van der Waals surface area contributed by atoms with Gasteiger partial charge in [0.05, 0.1) is 12.1 Å². The van der Waals surface area contributed by atoms with E-state index in [-0.39, 0.29) is 13.0 Å². The minimum atomic E-state index is -1.15. The second kappa shape index (κ2) is 10.3. The van der Waals surface area contributed by atoms with Gasteiger partial charge in [0.15, 0.2) is 5.78 Å². The number of ketones is 1. The Morgan fingerprint density at radius 1 is 1.10 bits per heavy atom. The Bertz CT molecular complexity index is 1000. The molecule has 1 atom stereocenters. The quantitative estimate of drug-likeness (QED) is 0.419. The molecule has 2 aromatic carbocycles. The second-order valence-electron chi connectivity index (χ2n) is 7.64. The van der Waals surface area contributed by atoms with Gasteiger partial charge in [-0.25, -0.2) is 0 Å². The van der Waals surface area contributed by atoms with Crippen molar-refractivity contribution >= 4 is 46.6 Å². The first-order valence-corrected chi connectivity index (χ1v) is 10.5. The number of hydrogen-bond donors (Lipinski definition) is 2. The average Bonchev–Trinajstić information content (AvgIpc) is 2.69. The molecular weight excluding hydrogens is 441 g/mol. The molecule has 6 nitrogen and oxygen atoms in total. The second-order valence-corrected chi connectivity index (χ2v) is 8.49. The van der Waals surface area contributed by atoms with Gasteiger partial charge in [-0.05, 0) is 61.7 Å². The van der Waals surface area contributed by atoms with Gasteiger partial charge < -0.3 is 15.2 Å². The summed E-state index contributed by atoms with van der Waals surface area (Å²) in [5.41, 5.74) is 1.37. The molecule has 1 unspecified atom stereocenters. The van der Waals surface area contributed by atoms with E-state index in [0.29, 0.717) is 32.4 Å². The molecule has 0 aliphatic rings. The summed E-state index contributed by atoms with van der Waals surface area (Å²) < 4.78 is 4.62. The van der Waals surface area contributed by atoms with Gasteiger partial charge in [0.2, 0.25) is 0 Å². The highest BCUT2D eigenvalue weighted by Crippen LogP contribution is 2.35. The molecule has 0 bridgehead atoms. The average molecular weight is 466 g/mol. The molecule has 8 heteroatoms. The lowest BCUT2D eigenvalue weighted by Gasteiger charge is -2.29. The van der Waals surface area contributed by atoms with Crippen LogP contribution < -0.4 is 5.32 Å². The van der Waals surface area contributed by atoms with Crippen molar-refractivity contribution in [1.82, 2.24) is 0 Å².